The fourth-order valence-electron chi connectivity index (χ4n) is 2.92. The number of hydrogen-bond donors (Lipinski definition) is 3. The number of benzene rings is 1. The quantitative estimate of drug-likeness (QED) is 0.704. The first-order valence-corrected chi connectivity index (χ1v) is 8.49. The Morgan fingerprint density at radius 2 is 1.92 bits per heavy atom. The average Bonchev–Trinajstić information content (AvgIpc) is 2.61. The van der Waals surface area contributed by atoms with Gasteiger partial charge in [0.15, 0.2) is 0 Å². The minimum absolute atomic E-state index is 0.249. The van der Waals surface area contributed by atoms with Crippen molar-refractivity contribution in [1.82, 2.24) is 4.90 Å². The number of rotatable bonds is 7. The van der Waals surface area contributed by atoms with Crippen LogP contribution in [0.5, 0.6) is 0 Å². The van der Waals surface area contributed by atoms with Crippen molar-refractivity contribution in [2.45, 2.75) is 50.4 Å². The van der Waals surface area contributed by atoms with Gasteiger partial charge in [0, 0.05) is 13.1 Å². The molecule has 0 saturated carbocycles. The number of aliphatic hydroxyl groups is 3. The molecule has 1 aromatic carbocycles. The van der Waals surface area contributed by atoms with Gasteiger partial charge in [-0.1, -0.05) is 30.3 Å². The molecule has 1 aromatic rings. The summed E-state index contributed by atoms with van der Waals surface area (Å²) in [5.74, 6) is 0. The van der Waals surface area contributed by atoms with Gasteiger partial charge in [-0.2, -0.15) is 0 Å². The number of piperidine rings is 1. The van der Waals surface area contributed by atoms with E-state index >= 15 is 0 Å². The summed E-state index contributed by atoms with van der Waals surface area (Å²) in [6, 6.07) is 9.53. The van der Waals surface area contributed by atoms with Gasteiger partial charge in [-0.05, 0) is 37.7 Å². The first-order valence-electron chi connectivity index (χ1n) is 8.49. The van der Waals surface area contributed by atoms with Gasteiger partial charge in [0.25, 0.3) is 0 Å². The summed E-state index contributed by atoms with van der Waals surface area (Å²) in [4.78, 5) is 13.7. The predicted molar refractivity (Wildman–Crippen MR) is 89.3 cm³/mol. The Hall–Kier alpha value is -1.63. The van der Waals surface area contributed by atoms with Crippen LogP contribution in [0.3, 0.4) is 0 Å². The minimum atomic E-state index is -0.800. The van der Waals surface area contributed by atoms with E-state index in [1.54, 1.807) is 4.90 Å². The third kappa shape index (κ3) is 5.78. The van der Waals surface area contributed by atoms with Crippen molar-refractivity contribution >= 4 is 6.09 Å². The number of ether oxygens (including phenoxy) is 1. The molecule has 1 saturated heterocycles. The van der Waals surface area contributed by atoms with Gasteiger partial charge >= 0.3 is 6.09 Å². The standard InChI is InChI=1S/C18H27NO5/c20-13-16(21)7-4-8-18(23)9-11-19(12-10-18)17(22)24-14-15-5-2-1-3-6-15/h1-3,5-6,16,20-21,23H,4,7-14H2. The number of amides is 1. The molecule has 0 bridgehead atoms. The Kier molecular flexibility index (Phi) is 7.02. The van der Waals surface area contributed by atoms with Crippen LogP contribution in [0.1, 0.15) is 37.7 Å². The van der Waals surface area contributed by atoms with E-state index in [1.807, 2.05) is 30.3 Å². The van der Waals surface area contributed by atoms with Crippen LogP contribution in [0.25, 0.3) is 0 Å². The monoisotopic (exact) mass is 337 g/mol. The number of likely N-dealkylation sites (tertiary alicyclic amines) is 1. The topological polar surface area (TPSA) is 90.2 Å². The van der Waals surface area contributed by atoms with Crippen molar-refractivity contribution in [2.24, 2.45) is 0 Å². The summed E-state index contributed by atoms with van der Waals surface area (Å²) in [5.41, 5.74) is 0.146. The molecule has 1 atom stereocenters. The molecule has 1 unspecified atom stereocenters. The molecule has 1 aliphatic rings. The molecule has 134 valence electrons. The molecular formula is C18H27NO5. The fraction of sp³-hybridized carbons (Fsp3) is 0.611. The number of aliphatic hydroxyl groups excluding tert-OH is 2. The molecule has 2 rings (SSSR count). The Bertz CT molecular complexity index is 499. The highest BCUT2D eigenvalue weighted by molar-refractivity contribution is 5.67. The maximum Gasteiger partial charge on any atom is 0.410 e. The molecule has 0 radical (unpaired) electrons. The number of nitrogens with zero attached hydrogens (tertiary/aromatic N) is 1. The largest absolute Gasteiger partial charge is 0.445 e. The van der Waals surface area contributed by atoms with Crippen molar-refractivity contribution in [1.29, 1.82) is 0 Å². The smallest absolute Gasteiger partial charge is 0.410 e. The summed E-state index contributed by atoms with van der Waals surface area (Å²) < 4.78 is 5.31. The third-order valence-electron chi connectivity index (χ3n) is 4.55. The Morgan fingerprint density at radius 1 is 1.25 bits per heavy atom. The van der Waals surface area contributed by atoms with E-state index in [1.165, 1.54) is 0 Å². The lowest BCUT2D eigenvalue weighted by Crippen LogP contribution is -2.46. The number of carbonyl (C=O) groups excluding carboxylic acids is 1. The first kappa shape index (κ1) is 18.7. The molecule has 6 nitrogen and oxygen atoms in total. The summed E-state index contributed by atoms with van der Waals surface area (Å²) in [6.45, 7) is 0.929. The van der Waals surface area contributed by atoms with E-state index in [0.717, 1.165) is 5.56 Å². The van der Waals surface area contributed by atoms with Crippen molar-refractivity contribution in [3.63, 3.8) is 0 Å². The van der Waals surface area contributed by atoms with Gasteiger partial charge < -0.3 is 25.0 Å². The van der Waals surface area contributed by atoms with Gasteiger partial charge in [0.1, 0.15) is 6.61 Å². The van der Waals surface area contributed by atoms with Crippen molar-refractivity contribution in [3.05, 3.63) is 35.9 Å². The van der Waals surface area contributed by atoms with Crippen LogP contribution in [0.4, 0.5) is 4.79 Å². The summed E-state index contributed by atoms with van der Waals surface area (Å²) in [5, 5.41) is 28.7. The lowest BCUT2D eigenvalue weighted by Gasteiger charge is -2.37. The zero-order valence-corrected chi connectivity index (χ0v) is 13.9. The Balaban J connectivity index is 1.70. The zero-order chi connectivity index (χ0) is 17.4. The van der Waals surface area contributed by atoms with Gasteiger partial charge in [-0.3, -0.25) is 0 Å². The second kappa shape index (κ2) is 9.01. The molecule has 1 fully saturated rings. The fourth-order valence-corrected chi connectivity index (χ4v) is 2.92. The van der Waals surface area contributed by atoms with Crippen LogP contribution in [-0.4, -0.2) is 57.7 Å². The second-order valence-electron chi connectivity index (χ2n) is 6.48. The molecule has 1 amide bonds. The van der Waals surface area contributed by atoms with E-state index in [2.05, 4.69) is 0 Å². The first-order chi connectivity index (χ1) is 11.5. The number of carbonyl (C=O) groups is 1. The lowest BCUT2D eigenvalue weighted by molar-refractivity contribution is -0.0312. The van der Waals surface area contributed by atoms with Gasteiger partial charge in [0.05, 0.1) is 18.3 Å². The Labute approximate surface area is 142 Å². The van der Waals surface area contributed by atoms with Crippen molar-refractivity contribution in [3.8, 4) is 0 Å². The van der Waals surface area contributed by atoms with Crippen molar-refractivity contribution in [2.75, 3.05) is 19.7 Å². The highest BCUT2D eigenvalue weighted by atomic mass is 16.6. The molecule has 0 aromatic heterocycles. The molecule has 6 heteroatoms. The predicted octanol–water partition coefficient (Wildman–Crippen LogP) is 1.67. The van der Waals surface area contributed by atoms with E-state index in [9.17, 15) is 15.0 Å². The SMILES string of the molecule is O=C(OCc1ccccc1)N1CCC(O)(CCCC(O)CO)CC1. The minimum Gasteiger partial charge on any atom is -0.445 e. The van der Waals surface area contributed by atoms with E-state index in [0.29, 0.717) is 45.2 Å². The molecule has 0 aliphatic carbocycles. The van der Waals surface area contributed by atoms with Crippen LogP contribution in [0, 0.1) is 0 Å². The molecule has 3 N–H and O–H groups in total. The van der Waals surface area contributed by atoms with Crippen LogP contribution in [0.15, 0.2) is 30.3 Å². The maximum absolute atomic E-state index is 12.1. The number of hydrogen-bond acceptors (Lipinski definition) is 5. The van der Waals surface area contributed by atoms with Crippen LogP contribution in [0.2, 0.25) is 0 Å². The van der Waals surface area contributed by atoms with Gasteiger partial charge in [-0.25, -0.2) is 4.79 Å². The van der Waals surface area contributed by atoms with Gasteiger partial charge in [-0.15, -0.1) is 0 Å². The summed E-state index contributed by atoms with van der Waals surface area (Å²) in [7, 11) is 0. The van der Waals surface area contributed by atoms with Crippen LogP contribution >= 0.6 is 0 Å². The van der Waals surface area contributed by atoms with E-state index in [4.69, 9.17) is 9.84 Å². The molecule has 0 spiro atoms. The average molecular weight is 337 g/mol. The van der Waals surface area contributed by atoms with Crippen LogP contribution in [-0.2, 0) is 11.3 Å². The Morgan fingerprint density at radius 3 is 2.54 bits per heavy atom. The maximum atomic E-state index is 12.1. The molecule has 24 heavy (non-hydrogen) atoms. The summed E-state index contributed by atoms with van der Waals surface area (Å²) >= 11 is 0. The third-order valence-corrected chi connectivity index (χ3v) is 4.55. The van der Waals surface area contributed by atoms with E-state index in [-0.39, 0.29) is 19.3 Å². The normalized spacial score (nSPS) is 18.2. The van der Waals surface area contributed by atoms with Gasteiger partial charge in [0.2, 0.25) is 0 Å². The molecular weight excluding hydrogens is 310 g/mol. The highest BCUT2D eigenvalue weighted by Gasteiger charge is 2.34. The van der Waals surface area contributed by atoms with Crippen molar-refractivity contribution < 1.29 is 24.9 Å². The molecule has 1 aliphatic heterocycles. The second-order valence-corrected chi connectivity index (χ2v) is 6.48. The summed E-state index contributed by atoms with van der Waals surface area (Å²) in [6.07, 6.45) is 1.62. The van der Waals surface area contributed by atoms with Crippen LogP contribution < -0.4 is 0 Å². The lowest BCUT2D eigenvalue weighted by atomic mass is 9.86. The highest BCUT2D eigenvalue weighted by Crippen LogP contribution is 2.28. The van der Waals surface area contributed by atoms with E-state index < -0.39 is 11.7 Å². The zero-order valence-electron chi connectivity index (χ0n) is 13.9. The molecule has 1 heterocycles.